The summed E-state index contributed by atoms with van der Waals surface area (Å²) in [5.74, 6) is -0.0901. The lowest BCUT2D eigenvalue weighted by atomic mass is 10.2. The van der Waals surface area contributed by atoms with Crippen LogP contribution >= 0.6 is 0 Å². The Morgan fingerprint density at radius 1 is 1.32 bits per heavy atom. The maximum Gasteiger partial charge on any atom is 0.419 e. The van der Waals surface area contributed by atoms with Gasteiger partial charge in [0.25, 0.3) is 0 Å². The van der Waals surface area contributed by atoms with Gasteiger partial charge in [0.1, 0.15) is 11.9 Å². The average Bonchev–Trinajstić information content (AvgIpc) is 2.94. The van der Waals surface area contributed by atoms with Crippen LogP contribution < -0.4 is 5.32 Å². The van der Waals surface area contributed by atoms with Crippen LogP contribution in [-0.4, -0.2) is 45.2 Å². The predicted molar refractivity (Wildman–Crippen MR) is 90.9 cm³/mol. The Kier molecular flexibility index (Phi) is 8.03. The number of amides is 1. The van der Waals surface area contributed by atoms with Crippen molar-refractivity contribution in [2.75, 3.05) is 13.1 Å². The molecular formula is C16H26N4O5. The van der Waals surface area contributed by atoms with Gasteiger partial charge in [-0.2, -0.15) is 0 Å². The first kappa shape index (κ1) is 20.6. The minimum absolute atomic E-state index is 0.0536. The molecule has 9 nitrogen and oxygen atoms in total. The van der Waals surface area contributed by atoms with Gasteiger partial charge in [0.2, 0.25) is 12.5 Å². The highest BCUT2D eigenvalue weighted by Crippen LogP contribution is 2.09. The highest BCUT2D eigenvalue weighted by Gasteiger charge is 2.18. The molecule has 1 heterocycles. The van der Waals surface area contributed by atoms with Crippen LogP contribution in [0.15, 0.2) is 12.5 Å². The molecule has 0 unspecified atom stereocenters. The van der Waals surface area contributed by atoms with Crippen molar-refractivity contribution in [3.8, 4) is 0 Å². The molecule has 0 aliphatic carbocycles. The molecule has 1 N–H and O–H groups in total. The molecule has 0 saturated carbocycles. The van der Waals surface area contributed by atoms with Gasteiger partial charge in [-0.25, -0.2) is 14.3 Å². The molecule has 0 aliphatic rings. The zero-order valence-electron chi connectivity index (χ0n) is 15.0. The Hall–Kier alpha value is -2.45. The molecule has 0 radical (unpaired) electrons. The first-order valence-electron chi connectivity index (χ1n) is 8.32. The monoisotopic (exact) mass is 354 g/mol. The van der Waals surface area contributed by atoms with E-state index in [2.05, 4.69) is 10.3 Å². The third-order valence-corrected chi connectivity index (χ3v) is 3.19. The lowest BCUT2D eigenvalue weighted by Crippen LogP contribution is -2.26. The largest absolute Gasteiger partial charge is 0.443 e. The van der Waals surface area contributed by atoms with E-state index in [1.807, 2.05) is 0 Å². The van der Waals surface area contributed by atoms with Gasteiger partial charge in [0.05, 0.1) is 5.69 Å². The van der Waals surface area contributed by atoms with Gasteiger partial charge < -0.3 is 10.1 Å². The summed E-state index contributed by atoms with van der Waals surface area (Å²) in [6.07, 6.45) is 5.11. The summed E-state index contributed by atoms with van der Waals surface area (Å²) in [6.45, 7) is 5.72. The van der Waals surface area contributed by atoms with E-state index in [9.17, 15) is 19.7 Å². The van der Waals surface area contributed by atoms with Gasteiger partial charge in [-0.3, -0.25) is 14.9 Å². The predicted octanol–water partition coefficient (Wildman–Crippen LogP) is 2.16. The van der Waals surface area contributed by atoms with Crippen LogP contribution in [0.4, 0.5) is 4.79 Å². The number of hydrogen-bond donors (Lipinski definition) is 1. The summed E-state index contributed by atoms with van der Waals surface area (Å²) in [5, 5.41) is 12.9. The number of nitrogens with zero attached hydrogens (tertiary/aromatic N) is 3. The molecule has 0 atom stereocenters. The van der Waals surface area contributed by atoms with Crippen molar-refractivity contribution in [2.45, 2.75) is 58.5 Å². The van der Waals surface area contributed by atoms with Crippen LogP contribution in [0, 0.1) is 10.1 Å². The second-order valence-corrected chi connectivity index (χ2v) is 6.72. The molecule has 25 heavy (non-hydrogen) atoms. The molecule has 1 amide bonds. The van der Waals surface area contributed by atoms with E-state index in [0.717, 1.165) is 0 Å². The zero-order chi connectivity index (χ0) is 18.9. The molecular weight excluding hydrogens is 328 g/mol. The number of nitrogens with one attached hydrogen (secondary N) is 1. The third kappa shape index (κ3) is 9.43. The molecule has 0 aromatic carbocycles. The fourth-order valence-corrected chi connectivity index (χ4v) is 2.03. The maximum absolute atomic E-state index is 11.9. The second kappa shape index (κ2) is 9.75. The van der Waals surface area contributed by atoms with Crippen molar-refractivity contribution in [2.24, 2.45) is 0 Å². The van der Waals surface area contributed by atoms with Gasteiger partial charge in [-0.15, -0.1) is 0 Å². The highest BCUT2D eigenvalue weighted by molar-refractivity contribution is 5.75. The van der Waals surface area contributed by atoms with E-state index in [-0.39, 0.29) is 17.4 Å². The Bertz CT molecular complexity index is 592. The SMILES string of the molecule is CC(C)(C)OC(=O)n1cnc(CCNC(=O)CCCCC[N+](=O)[O-])c1. The Labute approximate surface area is 146 Å². The number of rotatable bonds is 9. The van der Waals surface area contributed by atoms with Gasteiger partial charge >= 0.3 is 6.09 Å². The third-order valence-electron chi connectivity index (χ3n) is 3.19. The quantitative estimate of drug-likeness (QED) is 0.413. The summed E-state index contributed by atoms with van der Waals surface area (Å²) in [5.41, 5.74) is 0.104. The number of aromatic nitrogens is 2. The van der Waals surface area contributed by atoms with E-state index in [1.54, 1.807) is 27.0 Å². The average molecular weight is 354 g/mol. The molecule has 0 saturated heterocycles. The maximum atomic E-state index is 11.9. The van der Waals surface area contributed by atoms with E-state index < -0.39 is 11.7 Å². The zero-order valence-corrected chi connectivity index (χ0v) is 15.0. The van der Waals surface area contributed by atoms with E-state index in [1.165, 1.54) is 10.9 Å². The van der Waals surface area contributed by atoms with Crippen molar-refractivity contribution in [1.29, 1.82) is 0 Å². The number of carbonyl (C=O) groups excluding carboxylic acids is 2. The van der Waals surface area contributed by atoms with Gasteiger partial charge in [-0.1, -0.05) is 0 Å². The van der Waals surface area contributed by atoms with Crippen molar-refractivity contribution >= 4 is 12.0 Å². The lowest BCUT2D eigenvalue weighted by Gasteiger charge is -2.19. The van der Waals surface area contributed by atoms with Gasteiger partial charge in [0.15, 0.2) is 0 Å². The fourth-order valence-electron chi connectivity index (χ4n) is 2.03. The molecule has 1 aromatic rings. The Morgan fingerprint density at radius 3 is 2.68 bits per heavy atom. The summed E-state index contributed by atoms with van der Waals surface area (Å²) in [4.78, 5) is 37.5. The highest BCUT2D eigenvalue weighted by atomic mass is 16.6. The molecule has 0 bridgehead atoms. The molecule has 9 heteroatoms. The molecule has 0 aliphatic heterocycles. The van der Waals surface area contributed by atoms with Crippen molar-refractivity contribution in [1.82, 2.24) is 14.9 Å². The smallest absolute Gasteiger partial charge is 0.419 e. The Balaban J connectivity index is 2.22. The Morgan fingerprint density at radius 2 is 2.04 bits per heavy atom. The van der Waals surface area contributed by atoms with Crippen LogP contribution in [0.3, 0.4) is 0 Å². The van der Waals surface area contributed by atoms with E-state index in [4.69, 9.17) is 4.74 Å². The van der Waals surface area contributed by atoms with Crippen molar-refractivity contribution in [3.05, 3.63) is 28.3 Å². The van der Waals surface area contributed by atoms with Crippen molar-refractivity contribution < 1.29 is 19.2 Å². The fraction of sp³-hybridized carbons (Fsp3) is 0.688. The molecule has 0 fully saturated rings. The number of ether oxygens (including phenoxy) is 1. The summed E-state index contributed by atoms with van der Waals surface area (Å²) >= 11 is 0. The number of nitro groups is 1. The topological polar surface area (TPSA) is 116 Å². The number of carbonyl (C=O) groups is 2. The number of imidazole rings is 1. The second-order valence-electron chi connectivity index (χ2n) is 6.72. The first-order valence-corrected chi connectivity index (χ1v) is 8.32. The first-order chi connectivity index (χ1) is 11.7. The van der Waals surface area contributed by atoms with E-state index in [0.29, 0.717) is 44.3 Å². The lowest BCUT2D eigenvalue weighted by molar-refractivity contribution is -0.480. The molecule has 140 valence electrons. The minimum atomic E-state index is -0.574. The van der Waals surface area contributed by atoms with Crippen molar-refractivity contribution in [3.63, 3.8) is 0 Å². The van der Waals surface area contributed by atoms with Crippen LogP contribution in [0.2, 0.25) is 0 Å². The molecule has 1 rings (SSSR count). The minimum Gasteiger partial charge on any atom is -0.443 e. The summed E-state index contributed by atoms with van der Waals surface area (Å²) in [7, 11) is 0. The van der Waals surface area contributed by atoms with E-state index >= 15 is 0 Å². The number of unbranched alkanes of at least 4 members (excludes halogenated alkanes) is 2. The van der Waals surface area contributed by atoms with Crippen LogP contribution in [-0.2, 0) is 16.0 Å². The van der Waals surface area contributed by atoms with Gasteiger partial charge in [0, 0.05) is 36.9 Å². The summed E-state index contributed by atoms with van der Waals surface area (Å²) in [6, 6.07) is 0. The molecule has 0 spiro atoms. The van der Waals surface area contributed by atoms with Crippen LogP contribution in [0.1, 0.15) is 52.1 Å². The van der Waals surface area contributed by atoms with Gasteiger partial charge in [-0.05, 0) is 33.6 Å². The molecule has 1 aromatic heterocycles. The summed E-state index contributed by atoms with van der Waals surface area (Å²) < 4.78 is 6.51. The van der Waals surface area contributed by atoms with Crippen LogP contribution in [0.25, 0.3) is 0 Å². The van der Waals surface area contributed by atoms with Crippen LogP contribution in [0.5, 0.6) is 0 Å². The normalized spacial score (nSPS) is 11.2. The standard InChI is InChI=1S/C16H26N4O5/c1-16(2,3)25-15(22)19-11-13(18-12-19)8-9-17-14(21)7-5-4-6-10-20(23)24/h11-12H,4-10H2,1-3H3,(H,17,21). The number of hydrogen-bond acceptors (Lipinski definition) is 6.